The molecule has 90 valence electrons. The standard InChI is InChI=1S/C12H26N2O/c1-4-14(9-10-15-3)11-12(2)5-7-13-8-6-12/h13H,4-11H2,1-3H3. The zero-order valence-electron chi connectivity index (χ0n) is 10.5. The molecule has 0 aromatic heterocycles. The highest BCUT2D eigenvalue weighted by Crippen LogP contribution is 2.28. The van der Waals surface area contributed by atoms with Gasteiger partial charge in [0.15, 0.2) is 0 Å². The molecule has 0 aliphatic carbocycles. The second-order valence-corrected chi connectivity index (χ2v) is 4.92. The quantitative estimate of drug-likeness (QED) is 0.722. The van der Waals surface area contributed by atoms with Crippen molar-refractivity contribution < 1.29 is 4.74 Å². The van der Waals surface area contributed by atoms with Crippen molar-refractivity contribution in [3.63, 3.8) is 0 Å². The third kappa shape index (κ3) is 4.49. The summed E-state index contributed by atoms with van der Waals surface area (Å²) >= 11 is 0. The van der Waals surface area contributed by atoms with Gasteiger partial charge in [0.25, 0.3) is 0 Å². The van der Waals surface area contributed by atoms with E-state index in [2.05, 4.69) is 24.1 Å². The first-order valence-corrected chi connectivity index (χ1v) is 6.12. The molecule has 0 aromatic rings. The fourth-order valence-electron chi connectivity index (χ4n) is 2.30. The number of hydrogen-bond donors (Lipinski definition) is 1. The van der Waals surface area contributed by atoms with Crippen LogP contribution >= 0.6 is 0 Å². The number of nitrogens with zero attached hydrogens (tertiary/aromatic N) is 1. The molecule has 0 atom stereocenters. The molecule has 1 fully saturated rings. The number of piperidine rings is 1. The highest BCUT2D eigenvalue weighted by molar-refractivity contribution is 4.83. The van der Waals surface area contributed by atoms with Gasteiger partial charge in [0, 0.05) is 20.2 Å². The Morgan fingerprint density at radius 1 is 1.33 bits per heavy atom. The Hall–Kier alpha value is -0.120. The molecule has 15 heavy (non-hydrogen) atoms. The lowest BCUT2D eigenvalue weighted by Gasteiger charge is -2.38. The molecular formula is C12H26N2O. The number of hydrogen-bond acceptors (Lipinski definition) is 3. The Morgan fingerprint density at radius 2 is 2.00 bits per heavy atom. The van der Waals surface area contributed by atoms with Crippen molar-refractivity contribution in [1.29, 1.82) is 0 Å². The zero-order valence-corrected chi connectivity index (χ0v) is 10.5. The molecule has 0 saturated carbocycles. The minimum atomic E-state index is 0.509. The maximum absolute atomic E-state index is 5.14. The fraction of sp³-hybridized carbons (Fsp3) is 1.00. The van der Waals surface area contributed by atoms with Crippen LogP contribution in [0.25, 0.3) is 0 Å². The molecule has 0 unspecified atom stereocenters. The van der Waals surface area contributed by atoms with Gasteiger partial charge in [-0.25, -0.2) is 0 Å². The Kier molecular flexibility index (Phi) is 5.58. The highest BCUT2D eigenvalue weighted by atomic mass is 16.5. The number of ether oxygens (including phenoxy) is 1. The van der Waals surface area contributed by atoms with Gasteiger partial charge in [-0.3, -0.25) is 0 Å². The first-order valence-electron chi connectivity index (χ1n) is 6.12. The van der Waals surface area contributed by atoms with E-state index in [0.717, 1.165) is 19.7 Å². The van der Waals surface area contributed by atoms with Crippen LogP contribution in [0.2, 0.25) is 0 Å². The molecule has 1 aliphatic rings. The predicted molar refractivity (Wildman–Crippen MR) is 64.2 cm³/mol. The summed E-state index contributed by atoms with van der Waals surface area (Å²) in [5, 5.41) is 3.43. The summed E-state index contributed by atoms with van der Waals surface area (Å²) in [5.74, 6) is 0. The van der Waals surface area contributed by atoms with Gasteiger partial charge in [-0.2, -0.15) is 0 Å². The molecule has 1 heterocycles. The van der Waals surface area contributed by atoms with E-state index in [1.807, 2.05) is 0 Å². The molecular weight excluding hydrogens is 188 g/mol. The number of likely N-dealkylation sites (N-methyl/N-ethyl adjacent to an activating group) is 1. The van der Waals surface area contributed by atoms with Crippen LogP contribution < -0.4 is 5.32 Å². The molecule has 3 heteroatoms. The van der Waals surface area contributed by atoms with Gasteiger partial charge >= 0.3 is 0 Å². The van der Waals surface area contributed by atoms with Gasteiger partial charge in [0.1, 0.15) is 0 Å². The van der Waals surface area contributed by atoms with Gasteiger partial charge < -0.3 is 15.0 Å². The first-order chi connectivity index (χ1) is 7.20. The number of methoxy groups -OCH3 is 1. The summed E-state index contributed by atoms with van der Waals surface area (Å²) in [6.45, 7) is 11.3. The maximum atomic E-state index is 5.14. The molecule has 1 saturated heterocycles. The van der Waals surface area contributed by atoms with Crippen LogP contribution in [-0.4, -0.2) is 51.3 Å². The summed E-state index contributed by atoms with van der Waals surface area (Å²) in [5.41, 5.74) is 0.509. The van der Waals surface area contributed by atoms with Gasteiger partial charge in [-0.05, 0) is 37.9 Å². The monoisotopic (exact) mass is 214 g/mol. The van der Waals surface area contributed by atoms with Gasteiger partial charge in [-0.15, -0.1) is 0 Å². The first kappa shape index (κ1) is 12.9. The van der Waals surface area contributed by atoms with Gasteiger partial charge in [0.2, 0.25) is 0 Å². The fourth-order valence-corrected chi connectivity index (χ4v) is 2.30. The van der Waals surface area contributed by atoms with Gasteiger partial charge in [-0.1, -0.05) is 13.8 Å². The van der Waals surface area contributed by atoms with Crippen LogP contribution in [0, 0.1) is 5.41 Å². The predicted octanol–water partition coefficient (Wildman–Crippen LogP) is 1.34. The van der Waals surface area contributed by atoms with Crippen molar-refractivity contribution in [2.75, 3.05) is 46.4 Å². The summed E-state index contributed by atoms with van der Waals surface area (Å²) in [6, 6.07) is 0. The van der Waals surface area contributed by atoms with Crippen molar-refractivity contribution in [1.82, 2.24) is 10.2 Å². The largest absolute Gasteiger partial charge is 0.383 e. The van der Waals surface area contributed by atoms with Crippen LogP contribution in [0.15, 0.2) is 0 Å². The minimum absolute atomic E-state index is 0.509. The number of rotatable bonds is 6. The minimum Gasteiger partial charge on any atom is -0.383 e. The molecule has 1 rings (SSSR count). The lowest BCUT2D eigenvalue weighted by Crippen LogP contribution is -2.43. The van der Waals surface area contributed by atoms with E-state index in [0.29, 0.717) is 5.41 Å². The summed E-state index contributed by atoms with van der Waals surface area (Å²) in [4.78, 5) is 2.51. The Bertz CT molecular complexity index is 167. The third-order valence-electron chi connectivity index (χ3n) is 3.47. The molecule has 0 aromatic carbocycles. The van der Waals surface area contributed by atoms with E-state index in [-0.39, 0.29) is 0 Å². The molecule has 0 radical (unpaired) electrons. The second kappa shape index (κ2) is 6.46. The van der Waals surface area contributed by atoms with E-state index >= 15 is 0 Å². The molecule has 1 N–H and O–H groups in total. The third-order valence-corrected chi connectivity index (χ3v) is 3.47. The van der Waals surface area contributed by atoms with E-state index in [9.17, 15) is 0 Å². The molecule has 0 amide bonds. The zero-order chi connectivity index (χ0) is 11.1. The van der Waals surface area contributed by atoms with E-state index in [1.54, 1.807) is 7.11 Å². The van der Waals surface area contributed by atoms with Crippen LogP contribution in [0.3, 0.4) is 0 Å². The van der Waals surface area contributed by atoms with E-state index < -0.39 is 0 Å². The lowest BCUT2D eigenvalue weighted by molar-refractivity contribution is 0.0986. The molecule has 3 nitrogen and oxygen atoms in total. The van der Waals surface area contributed by atoms with Crippen molar-refractivity contribution in [2.24, 2.45) is 5.41 Å². The molecule has 0 bridgehead atoms. The van der Waals surface area contributed by atoms with Crippen molar-refractivity contribution in [3.05, 3.63) is 0 Å². The normalized spacial score (nSPS) is 20.8. The summed E-state index contributed by atoms with van der Waals surface area (Å²) in [7, 11) is 1.78. The smallest absolute Gasteiger partial charge is 0.0589 e. The highest BCUT2D eigenvalue weighted by Gasteiger charge is 2.28. The molecule has 1 aliphatic heterocycles. The van der Waals surface area contributed by atoms with Crippen molar-refractivity contribution in [2.45, 2.75) is 26.7 Å². The Morgan fingerprint density at radius 3 is 2.53 bits per heavy atom. The van der Waals surface area contributed by atoms with Crippen LogP contribution in [0.4, 0.5) is 0 Å². The van der Waals surface area contributed by atoms with E-state index in [1.165, 1.54) is 32.5 Å². The van der Waals surface area contributed by atoms with Crippen molar-refractivity contribution >= 4 is 0 Å². The number of nitrogens with one attached hydrogen (secondary N) is 1. The second-order valence-electron chi connectivity index (χ2n) is 4.92. The summed E-state index contributed by atoms with van der Waals surface area (Å²) < 4.78 is 5.14. The van der Waals surface area contributed by atoms with E-state index in [4.69, 9.17) is 4.74 Å². The average molecular weight is 214 g/mol. The SMILES string of the molecule is CCN(CCOC)CC1(C)CCNCC1. The maximum Gasteiger partial charge on any atom is 0.0589 e. The van der Waals surface area contributed by atoms with Gasteiger partial charge in [0.05, 0.1) is 6.61 Å². The Balaban J connectivity index is 2.34. The van der Waals surface area contributed by atoms with Crippen LogP contribution in [-0.2, 0) is 4.74 Å². The van der Waals surface area contributed by atoms with Crippen molar-refractivity contribution in [3.8, 4) is 0 Å². The topological polar surface area (TPSA) is 24.5 Å². The average Bonchev–Trinajstić information content (AvgIpc) is 2.25. The van der Waals surface area contributed by atoms with Crippen LogP contribution in [0.1, 0.15) is 26.7 Å². The Labute approximate surface area is 94.2 Å². The lowest BCUT2D eigenvalue weighted by atomic mass is 9.80. The summed E-state index contributed by atoms with van der Waals surface area (Å²) in [6.07, 6.45) is 2.60. The molecule has 0 spiro atoms. The van der Waals surface area contributed by atoms with Crippen LogP contribution in [0.5, 0.6) is 0 Å².